The average Bonchev–Trinajstić information content (AvgIpc) is 2.03. The van der Waals surface area contributed by atoms with E-state index < -0.39 is 0 Å². The van der Waals surface area contributed by atoms with E-state index in [1.165, 1.54) is 12.3 Å². The van der Waals surface area contributed by atoms with Crippen LogP contribution in [0.1, 0.15) is 25.7 Å². The highest BCUT2D eigenvalue weighted by Crippen LogP contribution is 2.12. The van der Waals surface area contributed by atoms with Crippen molar-refractivity contribution >= 4 is 0 Å². The van der Waals surface area contributed by atoms with E-state index in [1.807, 2.05) is 13.8 Å². The van der Waals surface area contributed by atoms with Crippen molar-refractivity contribution in [3.63, 3.8) is 0 Å². The van der Waals surface area contributed by atoms with E-state index in [1.54, 1.807) is 0 Å². The number of nitrogens with one attached hydrogen (secondary N) is 1. The molecule has 3 N–H and O–H groups in total. The third-order valence-electron chi connectivity index (χ3n) is 1.72. The van der Waals surface area contributed by atoms with Gasteiger partial charge in [-0.1, -0.05) is 13.8 Å². The number of aromatic amines is 1. The van der Waals surface area contributed by atoms with E-state index >= 15 is 0 Å². The van der Waals surface area contributed by atoms with Crippen LogP contribution >= 0.6 is 0 Å². The van der Waals surface area contributed by atoms with E-state index in [-0.39, 0.29) is 17.5 Å². The molecule has 66 valence electrons. The smallest absolute Gasteiger partial charge is 0.250 e. The summed E-state index contributed by atoms with van der Waals surface area (Å²) in [4.78, 5) is 17.4. The molecule has 0 spiro atoms. The maximum Gasteiger partial charge on any atom is 0.250 e. The molecule has 0 aromatic carbocycles. The van der Waals surface area contributed by atoms with Gasteiger partial charge in [0.2, 0.25) is 0 Å². The second-order valence-corrected chi connectivity index (χ2v) is 3.09. The minimum atomic E-state index is -0.195. The Morgan fingerprint density at radius 1 is 1.58 bits per heavy atom. The topological polar surface area (TPSA) is 71.8 Å². The maximum absolute atomic E-state index is 10.9. The van der Waals surface area contributed by atoms with Gasteiger partial charge >= 0.3 is 0 Å². The number of nitrogens with zero attached hydrogens (tertiary/aromatic N) is 1. The lowest BCUT2D eigenvalue weighted by Crippen LogP contribution is -2.22. The summed E-state index contributed by atoms with van der Waals surface area (Å²) >= 11 is 0. The standard InChI is InChI=1S/C8H13N3O/c1-5(2)7(9)8-10-4-3-6(12)11-8/h3-5,7H,9H2,1-2H3,(H,10,11,12). The van der Waals surface area contributed by atoms with E-state index in [0.29, 0.717) is 5.82 Å². The molecule has 1 aromatic heterocycles. The fourth-order valence-electron chi connectivity index (χ4n) is 0.871. The van der Waals surface area contributed by atoms with Crippen LogP contribution in [0, 0.1) is 5.92 Å². The monoisotopic (exact) mass is 167 g/mol. The van der Waals surface area contributed by atoms with Crippen LogP contribution in [0.4, 0.5) is 0 Å². The summed E-state index contributed by atoms with van der Waals surface area (Å²) in [6, 6.07) is 1.18. The first-order valence-corrected chi connectivity index (χ1v) is 3.92. The molecule has 0 bridgehead atoms. The Balaban J connectivity index is 2.95. The lowest BCUT2D eigenvalue weighted by atomic mass is 10.1. The Bertz CT molecular complexity index is 305. The number of hydrogen-bond donors (Lipinski definition) is 2. The van der Waals surface area contributed by atoms with Crippen LogP contribution in [-0.2, 0) is 0 Å². The largest absolute Gasteiger partial charge is 0.321 e. The predicted molar refractivity (Wildman–Crippen MR) is 46.6 cm³/mol. The molecule has 0 aliphatic carbocycles. The first kappa shape index (κ1) is 8.93. The first-order valence-electron chi connectivity index (χ1n) is 3.92. The summed E-state index contributed by atoms with van der Waals surface area (Å²) in [5, 5.41) is 0. The second-order valence-electron chi connectivity index (χ2n) is 3.09. The molecule has 1 atom stereocenters. The molecule has 1 heterocycles. The van der Waals surface area contributed by atoms with E-state index in [2.05, 4.69) is 9.97 Å². The molecule has 0 fully saturated rings. The second kappa shape index (κ2) is 3.49. The van der Waals surface area contributed by atoms with Crippen LogP contribution in [0.15, 0.2) is 17.1 Å². The van der Waals surface area contributed by atoms with Crippen molar-refractivity contribution in [2.75, 3.05) is 0 Å². The molecule has 0 saturated carbocycles. The molecule has 12 heavy (non-hydrogen) atoms. The summed E-state index contributed by atoms with van der Waals surface area (Å²) in [5.41, 5.74) is 5.62. The Morgan fingerprint density at radius 2 is 2.25 bits per heavy atom. The van der Waals surface area contributed by atoms with Crippen molar-refractivity contribution in [1.29, 1.82) is 0 Å². The Kier molecular flexibility index (Phi) is 2.60. The van der Waals surface area contributed by atoms with Gasteiger partial charge in [-0.05, 0) is 5.92 Å². The first-order chi connectivity index (χ1) is 5.61. The molecule has 1 rings (SSSR count). The van der Waals surface area contributed by atoms with Gasteiger partial charge in [0, 0.05) is 12.3 Å². The number of aromatic nitrogens is 2. The SMILES string of the molecule is CC(C)C(N)c1nccc(=O)[nH]1. The van der Waals surface area contributed by atoms with Crippen molar-refractivity contribution in [3.8, 4) is 0 Å². The minimum absolute atomic E-state index is 0.156. The molecule has 0 aliphatic rings. The highest BCUT2D eigenvalue weighted by Gasteiger charge is 2.11. The number of hydrogen-bond acceptors (Lipinski definition) is 3. The highest BCUT2D eigenvalue weighted by atomic mass is 16.1. The van der Waals surface area contributed by atoms with Gasteiger partial charge in [-0.15, -0.1) is 0 Å². The van der Waals surface area contributed by atoms with Crippen molar-refractivity contribution in [1.82, 2.24) is 9.97 Å². The van der Waals surface area contributed by atoms with Gasteiger partial charge in [-0.25, -0.2) is 4.98 Å². The van der Waals surface area contributed by atoms with Gasteiger partial charge in [0.1, 0.15) is 5.82 Å². The van der Waals surface area contributed by atoms with Gasteiger partial charge in [-0.2, -0.15) is 0 Å². The molecule has 4 nitrogen and oxygen atoms in total. The molecule has 4 heteroatoms. The Labute approximate surface area is 70.8 Å². The number of rotatable bonds is 2. The number of H-pyrrole nitrogens is 1. The summed E-state index contributed by atoms with van der Waals surface area (Å²) < 4.78 is 0. The fourth-order valence-corrected chi connectivity index (χ4v) is 0.871. The normalized spacial score (nSPS) is 13.3. The third kappa shape index (κ3) is 1.92. The van der Waals surface area contributed by atoms with Gasteiger partial charge < -0.3 is 10.7 Å². The summed E-state index contributed by atoms with van der Waals surface area (Å²) in [6.45, 7) is 3.97. The molecule has 0 amide bonds. The van der Waals surface area contributed by atoms with E-state index in [0.717, 1.165) is 0 Å². The summed E-state index contributed by atoms with van der Waals surface area (Å²) in [7, 11) is 0. The third-order valence-corrected chi connectivity index (χ3v) is 1.72. The zero-order valence-electron chi connectivity index (χ0n) is 7.24. The van der Waals surface area contributed by atoms with Crippen molar-refractivity contribution in [2.45, 2.75) is 19.9 Å². The molecule has 1 unspecified atom stereocenters. The van der Waals surface area contributed by atoms with Gasteiger partial charge in [0.25, 0.3) is 5.56 Å². The maximum atomic E-state index is 10.9. The lowest BCUT2D eigenvalue weighted by molar-refractivity contribution is 0.489. The summed E-state index contributed by atoms with van der Waals surface area (Å²) in [5.74, 6) is 0.827. The van der Waals surface area contributed by atoms with Crippen molar-refractivity contribution in [2.24, 2.45) is 11.7 Å². The molecule has 0 radical (unpaired) electrons. The van der Waals surface area contributed by atoms with E-state index in [9.17, 15) is 4.79 Å². The minimum Gasteiger partial charge on any atom is -0.321 e. The van der Waals surface area contributed by atoms with Gasteiger partial charge in [0.15, 0.2) is 0 Å². The van der Waals surface area contributed by atoms with Crippen LogP contribution in [0.5, 0.6) is 0 Å². The van der Waals surface area contributed by atoms with Gasteiger partial charge in [0.05, 0.1) is 6.04 Å². The van der Waals surface area contributed by atoms with Crippen LogP contribution in [0.3, 0.4) is 0 Å². The van der Waals surface area contributed by atoms with Crippen molar-refractivity contribution in [3.05, 3.63) is 28.4 Å². The van der Waals surface area contributed by atoms with Crippen LogP contribution in [-0.4, -0.2) is 9.97 Å². The molecule has 0 aliphatic heterocycles. The van der Waals surface area contributed by atoms with Crippen molar-refractivity contribution < 1.29 is 0 Å². The Morgan fingerprint density at radius 3 is 2.75 bits per heavy atom. The van der Waals surface area contributed by atoms with E-state index in [4.69, 9.17) is 5.73 Å². The highest BCUT2D eigenvalue weighted by molar-refractivity contribution is 4.95. The quantitative estimate of drug-likeness (QED) is 0.670. The molecule has 0 saturated heterocycles. The zero-order chi connectivity index (χ0) is 9.14. The molecular weight excluding hydrogens is 154 g/mol. The molecular formula is C8H13N3O. The zero-order valence-corrected chi connectivity index (χ0v) is 7.24. The average molecular weight is 167 g/mol. The predicted octanol–water partition coefficient (Wildman–Crippen LogP) is 0.426. The lowest BCUT2D eigenvalue weighted by Gasteiger charge is -2.13. The Hall–Kier alpha value is -1.16. The van der Waals surface area contributed by atoms with Crippen LogP contribution < -0.4 is 11.3 Å². The van der Waals surface area contributed by atoms with Gasteiger partial charge in [-0.3, -0.25) is 4.79 Å². The van der Waals surface area contributed by atoms with Crippen LogP contribution in [0.2, 0.25) is 0 Å². The fraction of sp³-hybridized carbons (Fsp3) is 0.500. The number of nitrogens with two attached hydrogens (primary N) is 1. The molecule has 1 aromatic rings. The van der Waals surface area contributed by atoms with Crippen LogP contribution in [0.25, 0.3) is 0 Å². The summed E-state index contributed by atoms with van der Waals surface area (Å²) in [6.07, 6.45) is 1.47.